The molecule has 0 fully saturated rings. The smallest absolute Gasteiger partial charge is 0.234 e. The quantitative estimate of drug-likeness (QED) is 0.703. The molecule has 1 N–H and O–H groups in total. The van der Waals surface area contributed by atoms with Crippen LogP contribution >= 0.6 is 23.1 Å². The fourth-order valence-electron chi connectivity index (χ4n) is 2.06. The minimum atomic E-state index is -0.339. The molecular weight excluding hydrogens is 347 g/mol. The Morgan fingerprint density at radius 2 is 2.21 bits per heavy atom. The second-order valence-electron chi connectivity index (χ2n) is 5.14. The van der Waals surface area contributed by atoms with E-state index in [1.165, 1.54) is 17.8 Å². The molecule has 0 radical (unpaired) electrons. The van der Waals surface area contributed by atoms with Gasteiger partial charge in [0.25, 0.3) is 0 Å². The van der Waals surface area contributed by atoms with Gasteiger partial charge in [0.1, 0.15) is 5.82 Å². The number of aryl methyl sites for hydroxylation is 1. The summed E-state index contributed by atoms with van der Waals surface area (Å²) in [6, 6.07) is 8.55. The summed E-state index contributed by atoms with van der Waals surface area (Å²) < 4.78 is 15.3. The Morgan fingerprint density at radius 1 is 1.38 bits per heavy atom. The minimum absolute atomic E-state index is 0.173. The number of thiophene rings is 1. The molecule has 1 aromatic carbocycles. The van der Waals surface area contributed by atoms with E-state index in [9.17, 15) is 9.18 Å². The van der Waals surface area contributed by atoms with Crippen molar-refractivity contribution < 1.29 is 9.18 Å². The normalized spacial score (nSPS) is 10.8. The van der Waals surface area contributed by atoms with Crippen LogP contribution in [0.25, 0.3) is 10.7 Å². The molecular formula is C16H15FN4OS2. The maximum atomic E-state index is 13.5. The van der Waals surface area contributed by atoms with Gasteiger partial charge in [-0.05, 0) is 36.1 Å². The summed E-state index contributed by atoms with van der Waals surface area (Å²) in [5.74, 6) is 0.387. The third kappa shape index (κ3) is 3.65. The third-order valence-corrected chi connectivity index (χ3v) is 5.25. The molecule has 2 heterocycles. The van der Waals surface area contributed by atoms with Crippen LogP contribution in [0.2, 0.25) is 0 Å². The monoisotopic (exact) mass is 362 g/mol. The number of nitrogens with zero attached hydrogens (tertiary/aromatic N) is 3. The van der Waals surface area contributed by atoms with Crippen molar-refractivity contribution in [2.24, 2.45) is 7.05 Å². The van der Waals surface area contributed by atoms with Crippen molar-refractivity contribution in [1.82, 2.24) is 14.8 Å². The lowest BCUT2D eigenvalue weighted by Crippen LogP contribution is -2.14. The number of halogens is 1. The fourth-order valence-corrected chi connectivity index (χ4v) is 3.51. The molecule has 0 spiro atoms. The molecule has 0 aliphatic rings. The molecule has 0 saturated carbocycles. The topological polar surface area (TPSA) is 59.8 Å². The molecule has 1 amide bonds. The van der Waals surface area contributed by atoms with Crippen LogP contribution in [0.4, 0.5) is 10.1 Å². The minimum Gasteiger partial charge on any atom is -0.325 e. The van der Waals surface area contributed by atoms with Crippen molar-refractivity contribution in [3.05, 3.63) is 47.1 Å². The van der Waals surface area contributed by atoms with Crippen LogP contribution in [0.5, 0.6) is 0 Å². The van der Waals surface area contributed by atoms with Crippen LogP contribution in [0.15, 0.2) is 40.9 Å². The molecule has 0 unspecified atom stereocenters. The first-order valence-corrected chi connectivity index (χ1v) is 9.03. The first-order chi connectivity index (χ1) is 11.5. The van der Waals surface area contributed by atoms with Crippen LogP contribution in [-0.4, -0.2) is 26.4 Å². The summed E-state index contributed by atoms with van der Waals surface area (Å²) in [6.45, 7) is 1.68. The molecule has 24 heavy (non-hydrogen) atoms. The molecule has 0 saturated heterocycles. The van der Waals surface area contributed by atoms with Gasteiger partial charge in [-0.1, -0.05) is 23.9 Å². The van der Waals surface area contributed by atoms with Crippen LogP contribution in [-0.2, 0) is 11.8 Å². The number of nitrogens with one attached hydrogen (secondary N) is 1. The predicted octanol–water partition coefficient (Wildman–Crippen LogP) is 3.72. The Kier molecular flexibility index (Phi) is 4.96. The van der Waals surface area contributed by atoms with Crippen molar-refractivity contribution in [3.8, 4) is 10.7 Å². The summed E-state index contributed by atoms with van der Waals surface area (Å²) in [5, 5.41) is 13.6. The Morgan fingerprint density at radius 3 is 2.92 bits per heavy atom. The number of thioether (sulfide) groups is 1. The zero-order valence-corrected chi connectivity index (χ0v) is 14.7. The number of carbonyl (C=O) groups excluding carboxylic acids is 1. The molecule has 5 nitrogen and oxygen atoms in total. The zero-order chi connectivity index (χ0) is 17.1. The molecule has 0 bridgehead atoms. The summed E-state index contributed by atoms with van der Waals surface area (Å²) in [7, 11) is 1.87. The van der Waals surface area contributed by atoms with E-state index in [0.717, 1.165) is 10.7 Å². The summed E-state index contributed by atoms with van der Waals surface area (Å²) in [4.78, 5) is 13.0. The van der Waals surface area contributed by atoms with Crippen molar-refractivity contribution in [3.63, 3.8) is 0 Å². The average molecular weight is 362 g/mol. The number of hydrogen-bond donors (Lipinski definition) is 1. The van der Waals surface area contributed by atoms with E-state index in [0.29, 0.717) is 16.4 Å². The van der Waals surface area contributed by atoms with E-state index in [1.54, 1.807) is 30.4 Å². The Bertz CT molecular complexity index is 861. The Balaban J connectivity index is 1.61. The first-order valence-electron chi connectivity index (χ1n) is 7.16. The van der Waals surface area contributed by atoms with Gasteiger partial charge in [-0.25, -0.2) is 4.39 Å². The highest BCUT2D eigenvalue weighted by Crippen LogP contribution is 2.26. The third-order valence-electron chi connectivity index (χ3n) is 3.36. The maximum absolute atomic E-state index is 13.5. The standard InChI is InChI=1S/C16H15FN4OS2/c1-10-5-6-11(8-12(10)17)18-14(22)9-24-16-20-19-15(21(16)2)13-4-3-7-23-13/h3-8H,9H2,1-2H3,(H,18,22). The van der Waals surface area contributed by atoms with Gasteiger partial charge < -0.3 is 9.88 Å². The van der Waals surface area contributed by atoms with Crippen molar-refractivity contribution in [2.45, 2.75) is 12.1 Å². The lowest BCUT2D eigenvalue weighted by atomic mass is 10.2. The zero-order valence-electron chi connectivity index (χ0n) is 13.1. The predicted molar refractivity (Wildman–Crippen MR) is 94.8 cm³/mol. The molecule has 8 heteroatoms. The molecule has 3 aromatic rings. The fraction of sp³-hybridized carbons (Fsp3) is 0.188. The van der Waals surface area contributed by atoms with Gasteiger partial charge in [-0.15, -0.1) is 21.5 Å². The van der Waals surface area contributed by atoms with Crippen molar-refractivity contribution >= 4 is 34.7 Å². The highest BCUT2D eigenvalue weighted by atomic mass is 32.2. The Hall–Kier alpha value is -2.19. The van der Waals surface area contributed by atoms with E-state index in [1.807, 2.05) is 29.1 Å². The molecule has 3 rings (SSSR count). The number of rotatable bonds is 5. The van der Waals surface area contributed by atoms with Gasteiger partial charge in [0.15, 0.2) is 11.0 Å². The van der Waals surface area contributed by atoms with E-state index in [2.05, 4.69) is 15.5 Å². The van der Waals surface area contributed by atoms with Crippen LogP contribution < -0.4 is 5.32 Å². The molecule has 0 atom stereocenters. The van der Waals surface area contributed by atoms with E-state index in [4.69, 9.17) is 0 Å². The van der Waals surface area contributed by atoms with Gasteiger partial charge in [0.2, 0.25) is 5.91 Å². The first kappa shape index (κ1) is 16.7. The average Bonchev–Trinajstić information content (AvgIpc) is 3.19. The SMILES string of the molecule is Cc1ccc(NC(=O)CSc2nnc(-c3cccs3)n2C)cc1F. The van der Waals surface area contributed by atoms with E-state index >= 15 is 0 Å². The summed E-state index contributed by atoms with van der Waals surface area (Å²) in [5.41, 5.74) is 0.989. The van der Waals surface area contributed by atoms with Gasteiger partial charge in [-0.2, -0.15) is 0 Å². The number of hydrogen-bond acceptors (Lipinski definition) is 5. The molecule has 0 aliphatic carbocycles. The summed E-state index contributed by atoms with van der Waals surface area (Å²) in [6.07, 6.45) is 0. The highest BCUT2D eigenvalue weighted by molar-refractivity contribution is 7.99. The number of aromatic nitrogens is 3. The number of benzene rings is 1. The Labute approximate surface area is 146 Å². The van der Waals surface area contributed by atoms with Gasteiger partial charge in [0.05, 0.1) is 10.6 Å². The molecule has 2 aromatic heterocycles. The number of carbonyl (C=O) groups is 1. The van der Waals surface area contributed by atoms with Crippen LogP contribution in [0, 0.1) is 12.7 Å². The van der Waals surface area contributed by atoms with Gasteiger partial charge in [0, 0.05) is 12.7 Å². The summed E-state index contributed by atoms with van der Waals surface area (Å²) >= 11 is 2.87. The largest absolute Gasteiger partial charge is 0.325 e. The van der Waals surface area contributed by atoms with E-state index < -0.39 is 0 Å². The highest BCUT2D eigenvalue weighted by Gasteiger charge is 2.13. The second-order valence-corrected chi connectivity index (χ2v) is 7.03. The van der Waals surface area contributed by atoms with Crippen LogP contribution in [0.3, 0.4) is 0 Å². The van der Waals surface area contributed by atoms with E-state index in [-0.39, 0.29) is 17.5 Å². The number of amides is 1. The van der Waals surface area contributed by atoms with Crippen molar-refractivity contribution in [2.75, 3.05) is 11.1 Å². The van der Waals surface area contributed by atoms with Gasteiger partial charge in [-0.3, -0.25) is 4.79 Å². The van der Waals surface area contributed by atoms with Crippen LogP contribution in [0.1, 0.15) is 5.56 Å². The lowest BCUT2D eigenvalue weighted by molar-refractivity contribution is -0.113. The maximum Gasteiger partial charge on any atom is 0.234 e. The molecule has 0 aliphatic heterocycles. The van der Waals surface area contributed by atoms with Gasteiger partial charge >= 0.3 is 0 Å². The van der Waals surface area contributed by atoms with Crippen molar-refractivity contribution in [1.29, 1.82) is 0 Å². The molecule has 124 valence electrons. The number of anilines is 1. The second kappa shape index (κ2) is 7.14. The lowest BCUT2D eigenvalue weighted by Gasteiger charge is -2.06.